The monoisotopic (exact) mass is 282 g/mol. The Labute approximate surface area is 120 Å². The Balaban J connectivity index is 1.97. The van der Waals surface area contributed by atoms with Crippen LogP contribution >= 0.6 is 11.8 Å². The summed E-state index contributed by atoms with van der Waals surface area (Å²) in [5.41, 5.74) is 0. The lowest BCUT2D eigenvalue weighted by Gasteiger charge is -2.20. The van der Waals surface area contributed by atoms with Crippen LogP contribution in [0.25, 0.3) is 0 Å². The zero-order valence-electron chi connectivity index (χ0n) is 12.4. The van der Waals surface area contributed by atoms with Gasteiger partial charge in [0.1, 0.15) is 5.82 Å². The van der Waals surface area contributed by atoms with E-state index in [2.05, 4.69) is 40.9 Å². The van der Waals surface area contributed by atoms with E-state index < -0.39 is 0 Å². The number of hydrogen-bond acceptors (Lipinski definition) is 4. The minimum Gasteiger partial charge on any atom is -0.313 e. The highest BCUT2D eigenvalue weighted by atomic mass is 32.2. The highest BCUT2D eigenvalue weighted by Gasteiger charge is 2.19. The molecule has 2 rings (SSSR count). The lowest BCUT2D eigenvalue weighted by molar-refractivity contribution is 0.538. The van der Waals surface area contributed by atoms with Crippen molar-refractivity contribution in [3.05, 3.63) is 5.82 Å². The fourth-order valence-electron chi connectivity index (χ4n) is 2.35. The smallest absolute Gasteiger partial charge is 0.191 e. The molecular formula is C14H26N4S. The Morgan fingerprint density at radius 1 is 1.26 bits per heavy atom. The van der Waals surface area contributed by atoms with Gasteiger partial charge in [-0.15, -0.1) is 10.2 Å². The van der Waals surface area contributed by atoms with Crippen molar-refractivity contribution < 1.29 is 0 Å². The predicted octanol–water partition coefficient (Wildman–Crippen LogP) is 2.87. The molecule has 0 saturated carbocycles. The molecule has 2 unspecified atom stereocenters. The van der Waals surface area contributed by atoms with E-state index in [9.17, 15) is 0 Å². The molecular weight excluding hydrogens is 256 g/mol. The van der Waals surface area contributed by atoms with Crippen LogP contribution in [0.4, 0.5) is 0 Å². The van der Waals surface area contributed by atoms with Crippen molar-refractivity contribution in [1.29, 1.82) is 0 Å². The Morgan fingerprint density at radius 2 is 2.11 bits per heavy atom. The van der Waals surface area contributed by atoms with Crippen LogP contribution in [0.2, 0.25) is 0 Å². The van der Waals surface area contributed by atoms with Gasteiger partial charge in [0, 0.05) is 24.3 Å². The van der Waals surface area contributed by atoms with Gasteiger partial charge in [-0.3, -0.25) is 0 Å². The second kappa shape index (κ2) is 7.29. The molecule has 0 bridgehead atoms. The van der Waals surface area contributed by atoms with E-state index in [0.29, 0.717) is 11.3 Å². The van der Waals surface area contributed by atoms with Gasteiger partial charge >= 0.3 is 0 Å². The highest BCUT2D eigenvalue weighted by Crippen LogP contribution is 2.26. The molecule has 0 spiro atoms. The molecule has 0 saturated heterocycles. The third-order valence-corrected chi connectivity index (χ3v) is 5.08. The fraction of sp³-hybridized carbons (Fsp3) is 0.857. The maximum Gasteiger partial charge on any atom is 0.191 e. The van der Waals surface area contributed by atoms with Crippen molar-refractivity contribution >= 4 is 11.8 Å². The lowest BCUT2D eigenvalue weighted by atomic mass is 10.2. The quantitative estimate of drug-likeness (QED) is 0.815. The van der Waals surface area contributed by atoms with Crippen LogP contribution in [0.15, 0.2) is 5.16 Å². The molecule has 1 aromatic rings. The molecule has 0 aliphatic carbocycles. The van der Waals surface area contributed by atoms with Crippen molar-refractivity contribution in [3.8, 4) is 0 Å². The number of fused-ring (bicyclic) bond motifs is 1. The minimum atomic E-state index is 0.503. The van der Waals surface area contributed by atoms with Gasteiger partial charge in [-0.1, -0.05) is 32.0 Å². The molecule has 0 amide bonds. The van der Waals surface area contributed by atoms with Crippen molar-refractivity contribution in [2.45, 2.75) is 75.9 Å². The number of nitrogens with zero attached hydrogens (tertiary/aromatic N) is 3. The fourth-order valence-corrected chi connectivity index (χ4v) is 3.40. The number of hydrogen-bond donors (Lipinski definition) is 1. The topological polar surface area (TPSA) is 42.7 Å². The van der Waals surface area contributed by atoms with Crippen molar-refractivity contribution in [2.75, 3.05) is 6.54 Å². The first-order chi connectivity index (χ1) is 9.22. The predicted molar refractivity (Wildman–Crippen MR) is 80.7 cm³/mol. The number of aryl methyl sites for hydroxylation is 1. The van der Waals surface area contributed by atoms with Crippen molar-refractivity contribution in [3.63, 3.8) is 0 Å². The van der Waals surface area contributed by atoms with E-state index in [4.69, 9.17) is 0 Å². The Kier molecular flexibility index (Phi) is 5.70. The van der Waals surface area contributed by atoms with Crippen molar-refractivity contribution in [1.82, 2.24) is 20.1 Å². The Morgan fingerprint density at radius 3 is 2.89 bits per heavy atom. The highest BCUT2D eigenvalue weighted by molar-refractivity contribution is 7.99. The van der Waals surface area contributed by atoms with E-state index in [1.54, 1.807) is 0 Å². The molecule has 19 heavy (non-hydrogen) atoms. The summed E-state index contributed by atoms with van der Waals surface area (Å²) in [5.74, 6) is 1.18. The molecule has 0 aromatic carbocycles. The molecule has 2 heterocycles. The lowest BCUT2D eigenvalue weighted by Crippen LogP contribution is -2.34. The van der Waals surface area contributed by atoms with Gasteiger partial charge in [0.05, 0.1) is 0 Å². The van der Waals surface area contributed by atoms with E-state index in [-0.39, 0.29) is 0 Å². The molecule has 0 fully saturated rings. The average Bonchev–Trinajstić information content (AvgIpc) is 2.64. The van der Waals surface area contributed by atoms with Gasteiger partial charge in [-0.2, -0.15) is 0 Å². The van der Waals surface area contributed by atoms with Crippen LogP contribution in [0.3, 0.4) is 0 Å². The van der Waals surface area contributed by atoms with Crippen LogP contribution in [0.5, 0.6) is 0 Å². The average molecular weight is 282 g/mol. The van der Waals surface area contributed by atoms with Gasteiger partial charge in [0.2, 0.25) is 0 Å². The molecule has 1 aromatic heterocycles. The summed E-state index contributed by atoms with van der Waals surface area (Å²) >= 11 is 1.86. The van der Waals surface area contributed by atoms with E-state index in [1.807, 2.05) is 11.8 Å². The maximum absolute atomic E-state index is 4.39. The third kappa shape index (κ3) is 3.96. The molecule has 1 aliphatic rings. The second-order valence-electron chi connectivity index (χ2n) is 5.43. The molecule has 0 radical (unpaired) electrons. The van der Waals surface area contributed by atoms with Gasteiger partial charge in [0.25, 0.3) is 0 Å². The number of nitrogens with one attached hydrogen (secondary N) is 1. The standard InChI is InChI=1S/C14H26N4S/c1-4-9-15-11(2)12(3)19-14-17-16-13-8-6-5-7-10-18(13)14/h11-12,15H,4-10H2,1-3H3. The van der Waals surface area contributed by atoms with Crippen LogP contribution in [0.1, 0.15) is 52.3 Å². The number of rotatable bonds is 6. The molecule has 1 aliphatic heterocycles. The van der Waals surface area contributed by atoms with Gasteiger partial charge < -0.3 is 9.88 Å². The Bertz CT molecular complexity index is 391. The van der Waals surface area contributed by atoms with Crippen LogP contribution < -0.4 is 5.32 Å². The molecule has 1 N–H and O–H groups in total. The van der Waals surface area contributed by atoms with Crippen LogP contribution in [0, 0.1) is 0 Å². The van der Waals surface area contributed by atoms with Crippen molar-refractivity contribution in [2.24, 2.45) is 0 Å². The zero-order valence-corrected chi connectivity index (χ0v) is 13.2. The summed E-state index contributed by atoms with van der Waals surface area (Å²) in [6, 6.07) is 0.503. The largest absolute Gasteiger partial charge is 0.313 e. The van der Waals surface area contributed by atoms with E-state index in [0.717, 1.165) is 24.7 Å². The summed E-state index contributed by atoms with van der Waals surface area (Å²) in [6.45, 7) is 8.91. The second-order valence-corrected chi connectivity index (χ2v) is 6.77. The Hall–Kier alpha value is -0.550. The van der Waals surface area contributed by atoms with Crippen LogP contribution in [-0.4, -0.2) is 32.6 Å². The zero-order chi connectivity index (χ0) is 13.7. The first kappa shape index (κ1) is 14.9. The number of thioether (sulfide) groups is 1. The summed E-state index contributed by atoms with van der Waals surface area (Å²) < 4.78 is 2.33. The third-order valence-electron chi connectivity index (χ3n) is 3.79. The molecule has 2 atom stereocenters. The normalized spacial score (nSPS) is 18.7. The summed E-state index contributed by atoms with van der Waals surface area (Å²) in [5, 5.41) is 13.9. The van der Waals surface area contributed by atoms with E-state index in [1.165, 1.54) is 31.5 Å². The first-order valence-corrected chi connectivity index (χ1v) is 8.42. The SMILES string of the molecule is CCCNC(C)C(C)Sc1nnc2n1CCCCC2. The first-order valence-electron chi connectivity index (χ1n) is 7.54. The minimum absolute atomic E-state index is 0.503. The molecule has 108 valence electrons. The van der Waals surface area contributed by atoms with Gasteiger partial charge in [-0.25, -0.2) is 0 Å². The number of aromatic nitrogens is 3. The van der Waals surface area contributed by atoms with E-state index >= 15 is 0 Å². The molecule has 4 nitrogen and oxygen atoms in total. The summed E-state index contributed by atoms with van der Waals surface area (Å²) in [6.07, 6.45) is 6.11. The molecule has 5 heteroatoms. The van der Waals surface area contributed by atoms with Crippen LogP contribution in [-0.2, 0) is 13.0 Å². The summed E-state index contributed by atoms with van der Waals surface area (Å²) in [7, 11) is 0. The van der Waals surface area contributed by atoms with Gasteiger partial charge in [-0.05, 0) is 32.7 Å². The van der Waals surface area contributed by atoms with Gasteiger partial charge in [0.15, 0.2) is 5.16 Å². The maximum atomic E-state index is 4.39. The summed E-state index contributed by atoms with van der Waals surface area (Å²) in [4.78, 5) is 0.